The predicted molar refractivity (Wildman–Crippen MR) is 64.8 cm³/mol. The average Bonchev–Trinajstić information content (AvgIpc) is 2.18. The normalized spacial score (nSPS) is 19.1. The second-order valence-corrected chi connectivity index (χ2v) is 4.18. The van der Waals surface area contributed by atoms with Crippen molar-refractivity contribution in [1.29, 1.82) is 0 Å². The van der Waals surface area contributed by atoms with Crippen LogP contribution in [-0.4, -0.2) is 5.78 Å². The zero-order valence-electron chi connectivity index (χ0n) is 10.0. The van der Waals surface area contributed by atoms with E-state index < -0.39 is 0 Å². The van der Waals surface area contributed by atoms with E-state index in [1.807, 2.05) is 13.0 Å². The quantitative estimate of drug-likeness (QED) is 0.633. The lowest BCUT2D eigenvalue weighted by Crippen LogP contribution is -2.07. The number of allylic oxidation sites excluding steroid dienone is 4. The van der Waals surface area contributed by atoms with Gasteiger partial charge >= 0.3 is 0 Å². The fourth-order valence-corrected chi connectivity index (χ4v) is 2.10. The van der Waals surface area contributed by atoms with Gasteiger partial charge in [-0.3, -0.25) is 4.79 Å². The van der Waals surface area contributed by atoms with E-state index in [0.29, 0.717) is 5.78 Å². The Morgan fingerprint density at radius 1 is 1.33 bits per heavy atom. The number of rotatable bonds is 3. The van der Waals surface area contributed by atoms with Crippen molar-refractivity contribution in [2.75, 3.05) is 0 Å². The molecule has 0 radical (unpaired) electrons. The van der Waals surface area contributed by atoms with Crippen LogP contribution in [-0.2, 0) is 4.79 Å². The highest BCUT2D eigenvalue weighted by molar-refractivity contribution is 6.08. The fraction of sp³-hybridized carbons (Fsp3) is 0.643. The summed E-state index contributed by atoms with van der Waals surface area (Å²) in [5.74, 6) is 0.293. The molecular formula is C14H22O. The molecule has 1 heteroatoms. The van der Waals surface area contributed by atoms with Gasteiger partial charge in [-0.05, 0) is 50.2 Å². The standard InChI is InChI=1S/C14H22O/c1-3-12(4-2)14(15)13-10-8-6-5-7-9-11-13/h3,10H,4-9,11H2,1-2H3. The Morgan fingerprint density at radius 3 is 2.73 bits per heavy atom. The van der Waals surface area contributed by atoms with Crippen molar-refractivity contribution in [2.45, 2.75) is 58.8 Å². The molecule has 0 saturated carbocycles. The molecule has 0 aromatic carbocycles. The zero-order chi connectivity index (χ0) is 11.1. The first kappa shape index (κ1) is 12.2. The molecule has 0 aromatic rings. The van der Waals surface area contributed by atoms with Crippen LogP contribution in [0.25, 0.3) is 0 Å². The fourth-order valence-electron chi connectivity index (χ4n) is 2.10. The lowest BCUT2D eigenvalue weighted by atomic mass is 9.93. The van der Waals surface area contributed by atoms with Gasteiger partial charge in [-0.1, -0.05) is 31.9 Å². The van der Waals surface area contributed by atoms with Crippen LogP contribution in [0.2, 0.25) is 0 Å². The largest absolute Gasteiger partial charge is 0.289 e. The van der Waals surface area contributed by atoms with Gasteiger partial charge in [-0.15, -0.1) is 0 Å². The molecule has 1 aliphatic carbocycles. The van der Waals surface area contributed by atoms with Crippen molar-refractivity contribution >= 4 is 5.78 Å². The topological polar surface area (TPSA) is 17.1 Å². The third-order valence-corrected chi connectivity index (χ3v) is 3.10. The molecule has 0 unspecified atom stereocenters. The Labute approximate surface area is 93.3 Å². The maximum absolute atomic E-state index is 12.1. The molecular weight excluding hydrogens is 184 g/mol. The van der Waals surface area contributed by atoms with Crippen LogP contribution in [0.5, 0.6) is 0 Å². The molecule has 84 valence electrons. The van der Waals surface area contributed by atoms with Gasteiger partial charge in [0.2, 0.25) is 0 Å². The Balaban J connectivity index is 2.71. The van der Waals surface area contributed by atoms with E-state index in [4.69, 9.17) is 0 Å². The number of hydrogen-bond acceptors (Lipinski definition) is 1. The summed E-state index contributed by atoms with van der Waals surface area (Å²) in [5, 5.41) is 0. The lowest BCUT2D eigenvalue weighted by molar-refractivity contribution is -0.112. The minimum absolute atomic E-state index is 0.293. The molecule has 0 amide bonds. The van der Waals surface area contributed by atoms with Gasteiger partial charge in [0.1, 0.15) is 0 Å². The Hall–Kier alpha value is -0.850. The number of Topliss-reactive ketones (excluding diaryl/α,β-unsaturated/α-hetero) is 1. The molecule has 15 heavy (non-hydrogen) atoms. The number of ketones is 1. The van der Waals surface area contributed by atoms with Crippen LogP contribution in [0.15, 0.2) is 23.3 Å². The van der Waals surface area contributed by atoms with E-state index >= 15 is 0 Å². The van der Waals surface area contributed by atoms with Crippen LogP contribution in [0, 0.1) is 0 Å². The van der Waals surface area contributed by atoms with Gasteiger partial charge in [-0.2, -0.15) is 0 Å². The van der Waals surface area contributed by atoms with Gasteiger partial charge in [-0.25, -0.2) is 0 Å². The van der Waals surface area contributed by atoms with Gasteiger partial charge in [0.25, 0.3) is 0 Å². The van der Waals surface area contributed by atoms with Crippen molar-refractivity contribution < 1.29 is 4.79 Å². The Morgan fingerprint density at radius 2 is 2.07 bits per heavy atom. The summed E-state index contributed by atoms with van der Waals surface area (Å²) in [6.07, 6.45) is 12.1. The van der Waals surface area contributed by atoms with Crippen molar-refractivity contribution in [1.82, 2.24) is 0 Å². The molecule has 0 atom stereocenters. The second-order valence-electron chi connectivity index (χ2n) is 4.18. The van der Waals surface area contributed by atoms with Crippen molar-refractivity contribution in [3.63, 3.8) is 0 Å². The summed E-state index contributed by atoms with van der Waals surface area (Å²) in [4.78, 5) is 12.1. The molecule has 1 rings (SSSR count). The van der Waals surface area contributed by atoms with E-state index in [0.717, 1.165) is 30.4 Å². The maximum Gasteiger partial charge on any atom is 0.184 e. The number of carbonyl (C=O) groups excluding carboxylic acids is 1. The summed E-state index contributed by atoms with van der Waals surface area (Å²) in [5.41, 5.74) is 2.03. The molecule has 0 N–H and O–H groups in total. The molecule has 0 saturated heterocycles. The predicted octanol–water partition coefficient (Wildman–Crippen LogP) is 4.19. The number of hydrogen-bond donors (Lipinski definition) is 0. The van der Waals surface area contributed by atoms with Gasteiger partial charge in [0, 0.05) is 0 Å². The first-order valence-electron chi connectivity index (χ1n) is 6.18. The van der Waals surface area contributed by atoms with E-state index in [1.54, 1.807) is 0 Å². The van der Waals surface area contributed by atoms with Gasteiger partial charge in [0.15, 0.2) is 5.78 Å². The molecule has 0 aliphatic heterocycles. The molecule has 0 heterocycles. The highest BCUT2D eigenvalue weighted by atomic mass is 16.1. The van der Waals surface area contributed by atoms with Crippen LogP contribution in [0.3, 0.4) is 0 Å². The monoisotopic (exact) mass is 206 g/mol. The smallest absolute Gasteiger partial charge is 0.184 e. The van der Waals surface area contributed by atoms with Crippen molar-refractivity contribution in [2.24, 2.45) is 0 Å². The minimum Gasteiger partial charge on any atom is -0.289 e. The Kier molecular flexibility index (Phi) is 5.38. The van der Waals surface area contributed by atoms with E-state index in [2.05, 4.69) is 13.0 Å². The Bertz CT molecular complexity index is 271. The summed E-state index contributed by atoms with van der Waals surface area (Å²) in [7, 11) is 0. The lowest BCUT2D eigenvalue weighted by Gasteiger charge is -2.11. The third-order valence-electron chi connectivity index (χ3n) is 3.10. The van der Waals surface area contributed by atoms with Gasteiger partial charge < -0.3 is 0 Å². The maximum atomic E-state index is 12.1. The number of carbonyl (C=O) groups is 1. The van der Waals surface area contributed by atoms with Crippen molar-refractivity contribution in [3.8, 4) is 0 Å². The van der Waals surface area contributed by atoms with Crippen LogP contribution in [0.4, 0.5) is 0 Å². The first-order valence-corrected chi connectivity index (χ1v) is 6.18. The van der Waals surface area contributed by atoms with Crippen LogP contribution >= 0.6 is 0 Å². The third kappa shape index (κ3) is 3.65. The zero-order valence-corrected chi connectivity index (χ0v) is 10.0. The van der Waals surface area contributed by atoms with Crippen LogP contribution < -0.4 is 0 Å². The summed E-state index contributed by atoms with van der Waals surface area (Å²) < 4.78 is 0. The highest BCUT2D eigenvalue weighted by Gasteiger charge is 2.13. The van der Waals surface area contributed by atoms with E-state index in [-0.39, 0.29) is 0 Å². The van der Waals surface area contributed by atoms with E-state index in [1.165, 1.54) is 25.7 Å². The van der Waals surface area contributed by atoms with Gasteiger partial charge in [0.05, 0.1) is 0 Å². The molecule has 1 aliphatic rings. The molecule has 0 aromatic heterocycles. The summed E-state index contributed by atoms with van der Waals surface area (Å²) in [6.45, 7) is 4.01. The first-order chi connectivity index (χ1) is 7.29. The summed E-state index contributed by atoms with van der Waals surface area (Å²) in [6, 6.07) is 0. The SMILES string of the molecule is CC=C(CC)C(=O)C1=CCCCCCC1. The second kappa shape index (κ2) is 6.60. The molecule has 0 bridgehead atoms. The molecule has 1 nitrogen and oxygen atoms in total. The minimum atomic E-state index is 0.293. The van der Waals surface area contributed by atoms with Crippen molar-refractivity contribution in [3.05, 3.63) is 23.3 Å². The average molecular weight is 206 g/mol. The molecule has 0 fully saturated rings. The summed E-state index contributed by atoms with van der Waals surface area (Å²) >= 11 is 0. The highest BCUT2D eigenvalue weighted by Crippen LogP contribution is 2.21. The molecule has 0 spiro atoms. The van der Waals surface area contributed by atoms with Crippen LogP contribution in [0.1, 0.15) is 58.8 Å². The van der Waals surface area contributed by atoms with E-state index in [9.17, 15) is 4.79 Å².